The number of nitrogens with zero attached hydrogens (tertiary/aromatic N) is 3. The number of nitrogens with one attached hydrogen (secondary N) is 1. The maximum Gasteiger partial charge on any atom is 0.220 e. The SMILES string of the molecule is CCCCN(C)C(=NC)NCCCCN1CCC(C(N)=O)CC1. The molecule has 3 N–H and O–H groups in total. The predicted molar refractivity (Wildman–Crippen MR) is 96.5 cm³/mol. The van der Waals surface area contributed by atoms with Crippen LogP contribution in [0.5, 0.6) is 0 Å². The Morgan fingerprint density at radius 2 is 2.00 bits per heavy atom. The van der Waals surface area contributed by atoms with E-state index in [1.807, 2.05) is 7.05 Å². The Labute approximate surface area is 141 Å². The first-order valence-electron chi connectivity index (χ1n) is 9.02. The first kappa shape index (κ1) is 19.7. The average molecular weight is 326 g/mol. The van der Waals surface area contributed by atoms with E-state index in [1.165, 1.54) is 19.3 Å². The van der Waals surface area contributed by atoms with Crippen LogP contribution in [0.1, 0.15) is 45.4 Å². The minimum absolute atomic E-state index is 0.0925. The number of hydrogen-bond acceptors (Lipinski definition) is 3. The molecule has 0 bridgehead atoms. The van der Waals surface area contributed by atoms with E-state index in [9.17, 15) is 4.79 Å². The summed E-state index contributed by atoms with van der Waals surface area (Å²) >= 11 is 0. The molecule has 1 rings (SSSR count). The van der Waals surface area contributed by atoms with E-state index in [0.717, 1.165) is 57.9 Å². The third-order valence-corrected chi connectivity index (χ3v) is 4.59. The van der Waals surface area contributed by atoms with E-state index in [-0.39, 0.29) is 11.8 Å². The van der Waals surface area contributed by atoms with Gasteiger partial charge < -0.3 is 20.9 Å². The van der Waals surface area contributed by atoms with Gasteiger partial charge in [0.05, 0.1) is 0 Å². The summed E-state index contributed by atoms with van der Waals surface area (Å²) in [5.74, 6) is 0.947. The molecule has 0 spiro atoms. The Kier molecular flexibility index (Phi) is 9.67. The second kappa shape index (κ2) is 11.3. The van der Waals surface area contributed by atoms with Gasteiger partial charge in [-0.3, -0.25) is 9.79 Å². The van der Waals surface area contributed by atoms with Gasteiger partial charge in [0.15, 0.2) is 5.96 Å². The Balaban J connectivity index is 2.10. The van der Waals surface area contributed by atoms with E-state index in [0.29, 0.717) is 0 Å². The molecule has 1 saturated heterocycles. The number of guanidine groups is 1. The number of carbonyl (C=O) groups excluding carboxylic acids is 1. The monoisotopic (exact) mass is 325 g/mol. The lowest BCUT2D eigenvalue weighted by Gasteiger charge is -2.30. The molecule has 0 aliphatic carbocycles. The number of piperidine rings is 1. The van der Waals surface area contributed by atoms with Crippen LogP contribution >= 0.6 is 0 Å². The Morgan fingerprint density at radius 1 is 1.30 bits per heavy atom. The second-order valence-electron chi connectivity index (χ2n) is 6.47. The minimum Gasteiger partial charge on any atom is -0.369 e. The largest absolute Gasteiger partial charge is 0.369 e. The fourth-order valence-corrected chi connectivity index (χ4v) is 2.99. The van der Waals surface area contributed by atoms with Crippen molar-refractivity contribution in [3.63, 3.8) is 0 Å². The fourth-order valence-electron chi connectivity index (χ4n) is 2.99. The van der Waals surface area contributed by atoms with Crippen molar-refractivity contribution >= 4 is 11.9 Å². The van der Waals surface area contributed by atoms with Crippen LogP contribution in [-0.4, -0.2) is 68.5 Å². The van der Waals surface area contributed by atoms with E-state index in [1.54, 1.807) is 0 Å². The average Bonchev–Trinajstić information content (AvgIpc) is 2.56. The van der Waals surface area contributed by atoms with Gasteiger partial charge in [-0.2, -0.15) is 0 Å². The van der Waals surface area contributed by atoms with E-state index in [4.69, 9.17) is 5.73 Å². The van der Waals surface area contributed by atoms with E-state index in [2.05, 4.69) is 34.1 Å². The highest BCUT2D eigenvalue weighted by molar-refractivity contribution is 5.79. The lowest BCUT2D eigenvalue weighted by molar-refractivity contribution is -0.123. The molecule has 1 aliphatic heterocycles. The van der Waals surface area contributed by atoms with Gasteiger partial charge in [-0.1, -0.05) is 13.3 Å². The number of aliphatic imine (C=N–C) groups is 1. The molecule has 0 aromatic carbocycles. The van der Waals surface area contributed by atoms with Crippen molar-refractivity contribution in [2.24, 2.45) is 16.6 Å². The molecule has 6 nitrogen and oxygen atoms in total. The van der Waals surface area contributed by atoms with Gasteiger partial charge in [-0.25, -0.2) is 0 Å². The molecule has 0 aromatic heterocycles. The van der Waals surface area contributed by atoms with Crippen LogP contribution in [0.3, 0.4) is 0 Å². The van der Waals surface area contributed by atoms with Gasteiger partial charge in [-0.05, 0) is 51.7 Å². The van der Waals surface area contributed by atoms with Crippen molar-refractivity contribution in [2.45, 2.75) is 45.4 Å². The number of unbranched alkanes of at least 4 members (excludes halogenated alkanes) is 2. The summed E-state index contributed by atoms with van der Waals surface area (Å²) in [6.07, 6.45) is 6.54. The highest BCUT2D eigenvalue weighted by Crippen LogP contribution is 2.16. The summed E-state index contributed by atoms with van der Waals surface area (Å²) in [5, 5.41) is 3.43. The highest BCUT2D eigenvalue weighted by atomic mass is 16.1. The smallest absolute Gasteiger partial charge is 0.220 e. The topological polar surface area (TPSA) is 74.0 Å². The highest BCUT2D eigenvalue weighted by Gasteiger charge is 2.22. The Bertz CT molecular complexity index is 364. The van der Waals surface area contributed by atoms with E-state index >= 15 is 0 Å². The number of amides is 1. The van der Waals surface area contributed by atoms with Crippen molar-refractivity contribution in [3.05, 3.63) is 0 Å². The molecule has 134 valence electrons. The molecule has 6 heteroatoms. The van der Waals surface area contributed by atoms with Crippen LogP contribution in [0, 0.1) is 5.92 Å². The van der Waals surface area contributed by atoms with Crippen molar-refractivity contribution in [1.29, 1.82) is 0 Å². The molecule has 1 amide bonds. The van der Waals surface area contributed by atoms with Crippen molar-refractivity contribution < 1.29 is 4.79 Å². The third kappa shape index (κ3) is 7.68. The van der Waals surface area contributed by atoms with Crippen LogP contribution in [-0.2, 0) is 4.79 Å². The normalized spacial score (nSPS) is 17.3. The molecule has 1 fully saturated rings. The summed E-state index contributed by atoms with van der Waals surface area (Å²) in [7, 11) is 3.93. The lowest BCUT2D eigenvalue weighted by Crippen LogP contribution is -2.40. The first-order chi connectivity index (χ1) is 11.1. The van der Waals surface area contributed by atoms with Crippen LogP contribution in [0.4, 0.5) is 0 Å². The fraction of sp³-hybridized carbons (Fsp3) is 0.882. The lowest BCUT2D eigenvalue weighted by atomic mass is 9.96. The van der Waals surface area contributed by atoms with Crippen LogP contribution in [0.15, 0.2) is 4.99 Å². The molecular weight excluding hydrogens is 290 g/mol. The zero-order chi connectivity index (χ0) is 17.1. The summed E-state index contributed by atoms with van der Waals surface area (Å²) in [4.78, 5) is 20.1. The van der Waals surface area contributed by atoms with Crippen molar-refractivity contribution in [3.8, 4) is 0 Å². The molecule has 23 heavy (non-hydrogen) atoms. The molecule has 0 unspecified atom stereocenters. The molecule has 0 radical (unpaired) electrons. The zero-order valence-electron chi connectivity index (χ0n) is 15.2. The molecular formula is C17H35N5O. The number of primary amides is 1. The number of hydrogen-bond donors (Lipinski definition) is 2. The third-order valence-electron chi connectivity index (χ3n) is 4.59. The zero-order valence-corrected chi connectivity index (χ0v) is 15.2. The predicted octanol–water partition coefficient (Wildman–Crippen LogP) is 1.27. The van der Waals surface area contributed by atoms with Gasteiger partial charge in [0.2, 0.25) is 5.91 Å². The second-order valence-corrected chi connectivity index (χ2v) is 6.47. The maximum atomic E-state index is 11.2. The number of likely N-dealkylation sites (tertiary alicyclic amines) is 1. The van der Waals surface area contributed by atoms with E-state index < -0.39 is 0 Å². The molecule has 0 atom stereocenters. The number of carbonyl (C=O) groups is 1. The summed E-state index contributed by atoms with van der Waals surface area (Å²) in [6, 6.07) is 0. The van der Waals surface area contributed by atoms with Gasteiger partial charge in [0.1, 0.15) is 0 Å². The van der Waals surface area contributed by atoms with Crippen molar-refractivity contribution in [1.82, 2.24) is 15.1 Å². The standard InChI is InChI=1S/C17H35N5O/c1-4-5-11-21(3)17(19-2)20-10-6-7-12-22-13-8-15(9-14-22)16(18)23/h15H,4-14H2,1-3H3,(H2,18,23)(H,19,20). The summed E-state index contributed by atoms with van der Waals surface area (Å²) in [5.41, 5.74) is 5.37. The Morgan fingerprint density at radius 3 is 2.57 bits per heavy atom. The minimum atomic E-state index is -0.132. The summed E-state index contributed by atoms with van der Waals surface area (Å²) in [6.45, 7) is 7.32. The first-order valence-corrected chi connectivity index (χ1v) is 9.02. The van der Waals surface area contributed by atoms with Gasteiger partial charge in [0, 0.05) is 33.1 Å². The van der Waals surface area contributed by atoms with Gasteiger partial charge in [-0.15, -0.1) is 0 Å². The van der Waals surface area contributed by atoms with Crippen LogP contribution in [0.2, 0.25) is 0 Å². The molecule has 1 aliphatic rings. The number of rotatable bonds is 9. The van der Waals surface area contributed by atoms with Crippen LogP contribution < -0.4 is 11.1 Å². The van der Waals surface area contributed by atoms with Crippen molar-refractivity contribution in [2.75, 3.05) is 46.8 Å². The maximum absolute atomic E-state index is 11.2. The quantitative estimate of drug-likeness (QED) is 0.380. The molecule has 1 heterocycles. The molecule has 0 aromatic rings. The number of nitrogens with two attached hydrogens (primary N) is 1. The summed E-state index contributed by atoms with van der Waals surface area (Å²) < 4.78 is 0. The molecule has 0 saturated carbocycles. The Hall–Kier alpha value is -1.30. The van der Waals surface area contributed by atoms with Gasteiger partial charge >= 0.3 is 0 Å². The van der Waals surface area contributed by atoms with Crippen LogP contribution in [0.25, 0.3) is 0 Å². The van der Waals surface area contributed by atoms with Gasteiger partial charge in [0.25, 0.3) is 0 Å².